The first-order valence-corrected chi connectivity index (χ1v) is 6.35. The molecule has 0 N–H and O–H groups in total. The third-order valence-corrected chi connectivity index (χ3v) is 2.83. The van der Waals surface area contributed by atoms with E-state index in [1.54, 1.807) is 0 Å². The van der Waals surface area contributed by atoms with Crippen molar-refractivity contribution in [1.82, 2.24) is 0 Å². The number of nitro groups is 1. The Hall–Kier alpha value is -0.600. The van der Waals surface area contributed by atoms with E-state index in [-0.39, 0.29) is 11.0 Å². The van der Waals surface area contributed by atoms with E-state index in [1.165, 1.54) is 12.8 Å². The van der Waals surface area contributed by atoms with Crippen LogP contribution in [-0.2, 0) is 0 Å². The van der Waals surface area contributed by atoms with Crippen molar-refractivity contribution in [3.63, 3.8) is 0 Å². The van der Waals surface area contributed by atoms with Crippen LogP contribution in [0.15, 0.2) is 0 Å². The summed E-state index contributed by atoms with van der Waals surface area (Å²) in [5.41, 5.74) is 0. The largest absolute Gasteiger partial charge is 0.264 e. The van der Waals surface area contributed by atoms with Crippen molar-refractivity contribution in [3.05, 3.63) is 10.1 Å². The molecule has 1 atom stereocenters. The SMILES string of the molecule is CCCCCCC(CCCCC)[N+](=O)[O-]. The van der Waals surface area contributed by atoms with Crippen LogP contribution >= 0.6 is 0 Å². The monoisotopic (exact) mass is 215 g/mol. The Morgan fingerprint density at radius 1 is 0.933 bits per heavy atom. The fourth-order valence-electron chi connectivity index (χ4n) is 1.79. The Balaban J connectivity index is 3.59. The molecule has 0 fully saturated rings. The Kier molecular flexibility index (Phi) is 9.54. The second-order valence-corrected chi connectivity index (χ2v) is 4.28. The minimum atomic E-state index is -0.284. The average Bonchev–Trinajstić information content (AvgIpc) is 2.21. The van der Waals surface area contributed by atoms with Crippen molar-refractivity contribution in [2.24, 2.45) is 0 Å². The smallest absolute Gasteiger partial charge is 0.213 e. The lowest BCUT2D eigenvalue weighted by Gasteiger charge is -2.08. The molecule has 90 valence electrons. The highest BCUT2D eigenvalue weighted by atomic mass is 16.6. The van der Waals surface area contributed by atoms with Crippen molar-refractivity contribution in [3.8, 4) is 0 Å². The fourth-order valence-corrected chi connectivity index (χ4v) is 1.79. The van der Waals surface area contributed by atoms with E-state index in [1.807, 2.05) is 0 Å². The minimum Gasteiger partial charge on any atom is -0.264 e. The van der Waals surface area contributed by atoms with E-state index in [0.29, 0.717) is 0 Å². The van der Waals surface area contributed by atoms with E-state index < -0.39 is 0 Å². The van der Waals surface area contributed by atoms with Crippen LogP contribution in [0.2, 0.25) is 0 Å². The van der Waals surface area contributed by atoms with Crippen LogP contribution in [0.25, 0.3) is 0 Å². The summed E-state index contributed by atoms with van der Waals surface area (Å²) in [7, 11) is 0. The quantitative estimate of drug-likeness (QED) is 0.311. The van der Waals surface area contributed by atoms with Gasteiger partial charge in [-0.1, -0.05) is 46.0 Å². The minimum absolute atomic E-state index is 0.0817. The molecule has 0 aliphatic heterocycles. The molecule has 0 radical (unpaired) electrons. The summed E-state index contributed by atoms with van der Waals surface area (Å²) in [6.07, 6.45) is 9.39. The summed E-state index contributed by atoms with van der Waals surface area (Å²) in [6.45, 7) is 4.29. The van der Waals surface area contributed by atoms with E-state index in [2.05, 4.69) is 13.8 Å². The summed E-state index contributed by atoms with van der Waals surface area (Å²) in [5.74, 6) is 0. The van der Waals surface area contributed by atoms with Crippen molar-refractivity contribution in [1.29, 1.82) is 0 Å². The molecule has 1 unspecified atom stereocenters. The van der Waals surface area contributed by atoms with Gasteiger partial charge in [-0.05, 0) is 12.8 Å². The number of unbranched alkanes of at least 4 members (excludes halogenated alkanes) is 5. The Morgan fingerprint density at radius 3 is 1.87 bits per heavy atom. The Morgan fingerprint density at radius 2 is 1.40 bits per heavy atom. The van der Waals surface area contributed by atoms with Gasteiger partial charge < -0.3 is 0 Å². The van der Waals surface area contributed by atoms with Crippen molar-refractivity contribution < 1.29 is 4.92 Å². The van der Waals surface area contributed by atoms with Crippen LogP contribution in [0.4, 0.5) is 0 Å². The van der Waals surface area contributed by atoms with Gasteiger partial charge >= 0.3 is 0 Å². The van der Waals surface area contributed by atoms with Gasteiger partial charge in [0.25, 0.3) is 0 Å². The van der Waals surface area contributed by atoms with Crippen LogP contribution in [-0.4, -0.2) is 11.0 Å². The van der Waals surface area contributed by atoms with Gasteiger partial charge in [0.05, 0.1) is 0 Å². The number of hydrogen-bond donors (Lipinski definition) is 0. The summed E-state index contributed by atoms with van der Waals surface area (Å²) < 4.78 is 0. The van der Waals surface area contributed by atoms with E-state index in [0.717, 1.165) is 44.9 Å². The number of rotatable bonds is 10. The predicted octanol–water partition coefficient (Wildman–Crippen LogP) is 4.18. The molecule has 0 saturated heterocycles. The zero-order chi connectivity index (χ0) is 11.5. The van der Waals surface area contributed by atoms with Gasteiger partial charge in [0.2, 0.25) is 6.04 Å². The van der Waals surface area contributed by atoms with Crippen LogP contribution in [0.1, 0.15) is 71.6 Å². The fraction of sp³-hybridized carbons (Fsp3) is 1.00. The third kappa shape index (κ3) is 8.40. The molecule has 0 aliphatic rings. The second-order valence-electron chi connectivity index (χ2n) is 4.28. The molecule has 0 aromatic heterocycles. The molecule has 0 spiro atoms. The lowest BCUT2D eigenvalue weighted by atomic mass is 10.0. The van der Waals surface area contributed by atoms with Crippen molar-refractivity contribution in [2.75, 3.05) is 0 Å². The van der Waals surface area contributed by atoms with Crippen LogP contribution < -0.4 is 0 Å². The third-order valence-electron chi connectivity index (χ3n) is 2.83. The van der Waals surface area contributed by atoms with Gasteiger partial charge in [0.1, 0.15) is 0 Å². The molecule has 0 aromatic rings. The summed E-state index contributed by atoms with van der Waals surface area (Å²) in [6, 6.07) is -0.284. The lowest BCUT2D eigenvalue weighted by molar-refractivity contribution is -0.524. The molecule has 0 aromatic carbocycles. The first kappa shape index (κ1) is 14.4. The number of nitrogens with zero attached hydrogens (tertiary/aromatic N) is 1. The number of hydrogen-bond acceptors (Lipinski definition) is 2. The van der Waals surface area contributed by atoms with Gasteiger partial charge in [0, 0.05) is 17.8 Å². The van der Waals surface area contributed by atoms with Crippen molar-refractivity contribution in [2.45, 2.75) is 77.7 Å². The maximum atomic E-state index is 10.8. The molecular weight excluding hydrogens is 190 g/mol. The molecule has 15 heavy (non-hydrogen) atoms. The van der Waals surface area contributed by atoms with Gasteiger partial charge in [-0.25, -0.2) is 0 Å². The molecule has 3 heteroatoms. The highest BCUT2D eigenvalue weighted by Gasteiger charge is 2.18. The second kappa shape index (κ2) is 9.94. The van der Waals surface area contributed by atoms with Gasteiger partial charge in [-0.15, -0.1) is 0 Å². The molecule has 3 nitrogen and oxygen atoms in total. The molecule has 0 aliphatic carbocycles. The molecule has 0 amide bonds. The summed E-state index contributed by atoms with van der Waals surface area (Å²) >= 11 is 0. The van der Waals surface area contributed by atoms with E-state index >= 15 is 0 Å². The first-order chi connectivity index (χ1) is 7.22. The maximum Gasteiger partial charge on any atom is 0.213 e. The highest BCUT2D eigenvalue weighted by molar-refractivity contribution is 4.58. The van der Waals surface area contributed by atoms with E-state index in [9.17, 15) is 10.1 Å². The molecule has 0 heterocycles. The molecular formula is C12H25NO2. The van der Waals surface area contributed by atoms with Crippen LogP contribution in [0.3, 0.4) is 0 Å². The predicted molar refractivity (Wildman–Crippen MR) is 63.7 cm³/mol. The standard InChI is InChI=1S/C12H25NO2/c1-3-5-7-9-11-12(13(14)15)10-8-6-4-2/h12H,3-11H2,1-2H3. The van der Waals surface area contributed by atoms with E-state index in [4.69, 9.17) is 0 Å². The topological polar surface area (TPSA) is 43.1 Å². The zero-order valence-electron chi connectivity index (χ0n) is 10.2. The molecule has 0 bridgehead atoms. The molecule has 0 saturated carbocycles. The summed E-state index contributed by atoms with van der Waals surface area (Å²) in [5, 5.41) is 10.8. The summed E-state index contributed by atoms with van der Waals surface area (Å²) in [4.78, 5) is 10.7. The highest BCUT2D eigenvalue weighted by Crippen LogP contribution is 2.13. The van der Waals surface area contributed by atoms with Crippen LogP contribution in [0.5, 0.6) is 0 Å². The lowest BCUT2D eigenvalue weighted by Crippen LogP contribution is -2.19. The Labute approximate surface area is 93.4 Å². The average molecular weight is 215 g/mol. The normalized spacial score (nSPS) is 12.7. The van der Waals surface area contributed by atoms with Gasteiger partial charge in [-0.2, -0.15) is 0 Å². The first-order valence-electron chi connectivity index (χ1n) is 6.35. The van der Waals surface area contributed by atoms with Gasteiger partial charge in [0.15, 0.2) is 0 Å². The Bertz CT molecular complexity index is 160. The molecule has 0 rings (SSSR count). The zero-order valence-corrected chi connectivity index (χ0v) is 10.2. The van der Waals surface area contributed by atoms with Crippen LogP contribution in [0, 0.1) is 10.1 Å². The maximum absolute atomic E-state index is 10.8. The van der Waals surface area contributed by atoms with Gasteiger partial charge in [-0.3, -0.25) is 10.1 Å². The van der Waals surface area contributed by atoms with Crippen molar-refractivity contribution >= 4 is 0 Å².